The fraction of sp³-hybridized carbons (Fsp3) is 0.231. The minimum atomic E-state index is -0.929. The van der Waals surface area contributed by atoms with Crippen molar-refractivity contribution >= 4 is 11.7 Å². The lowest BCUT2D eigenvalue weighted by molar-refractivity contribution is -0.138. The number of imidazole rings is 1. The summed E-state index contributed by atoms with van der Waals surface area (Å²) in [5.41, 5.74) is 2.43. The summed E-state index contributed by atoms with van der Waals surface area (Å²) in [5, 5.41) is 12.3. The van der Waals surface area contributed by atoms with Crippen LogP contribution >= 0.6 is 0 Å². The molecule has 94 valence electrons. The van der Waals surface area contributed by atoms with Crippen LogP contribution in [0.4, 0.5) is 5.69 Å². The molecule has 0 aliphatic rings. The van der Waals surface area contributed by atoms with E-state index in [2.05, 4.69) is 10.3 Å². The third kappa shape index (κ3) is 2.34. The Morgan fingerprint density at radius 1 is 1.44 bits per heavy atom. The van der Waals surface area contributed by atoms with Gasteiger partial charge in [0.05, 0.1) is 18.2 Å². The first-order valence-corrected chi connectivity index (χ1v) is 5.61. The first-order chi connectivity index (χ1) is 8.59. The van der Waals surface area contributed by atoms with Crippen LogP contribution in [0.2, 0.25) is 0 Å². The molecule has 2 N–H and O–H groups in total. The SMILES string of the molecule is Cc1ccccc1NC(C(=O)O)c1cncn1C. The van der Waals surface area contributed by atoms with E-state index in [4.69, 9.17) is 0 Å². The molecule has 5 nitrogen and oxygen atoms in total. The van der Waals surface area contributed by atoms with Gasteiger partial charge in [-0.3, -0.25) is 0 Å². The van der Waals surface area contributed by atoms with Crippen LogP contribution in [0.5, 0.6) is 0 Å². The van der Waals surface area contributed by atoms with Crippen molar-refractivity contribution in [3.05, 3.63) is 48.0 Å². The summed E-state index contributed by atoms with van der Waals surface area (Å²) in [7, 11) is 1.78. The van der Waals surface area contributed by atoms with Crippen molar-refractivity contribution in [3.63, 3.8) is 0 Å². The number of para-hydroxylation sites is 1. The van der Waals surface area contributed by atoms with Crippen LogP contribution in [0, 0.1) is 6.92 Å². The Morgan fingerprint density at radius 2 is 2.17 bits per heavy atom. The molecule has 1 aromatic heterocycles. The summed E-state index contributed by atoms with van der Waals surface area (Å²) in [6.45, 7) is 1.94. The number of carboxylic acids is 1. The molecule has 18 heavy (non-hydrogen) atoms. The molecule has 0 amide bonds. The molecule has 1 heterocycles. The van der Waals surface area contributed by atoms with Crippen molar-refractivity contribution in [3.8, 4) is 0 Å². The first kappa shape index (κ1) is 12.2. The molecule has 0 bridgehead atoms. The predicted molar refractivity (Wildman–Crippen MR) is 68.4 cm³/mol. The van der Waals surface area contributed by atoms with Crippen LogP contribution in [0.1, 0.15) is 17.3 Å². The molecule has 0 fully saturated rings. The predicted octanol–water partition coefficient (Wildman–Crippen LogP) is 1.97. The van der Waals surface area contributed by atoms with E-state index in [-0.39, 0.29) is 0 Å². The van der Waals surface area contributed by atoms with Gasteiger partial charge in [-0.15, -0.1) is 0 Å². The van der Waals surface area contributed by atoms with Gasteiger partial charge in [0.2, 0.25) is 0 Å². The van der Waals surface area contributed by atoms with E-state index in [9.17, 15) is 9.90 Å². The highest BCUT2D eigenvalue weighted by Gasteiger charge is 2.22. The van der Waals surface area contributed by atoms with Gasteiger partial charge in [-0.05, 0) is 18.6 Å². The number of carbonyl (C=O) groups is 1. The number of anilines is 1. The number of nitrogens with one attached hydrogen (secondary N) is 1. The average Bonchev–Trinajstić information content (AvgIpc) is 2.74. The van der Waals surface area contributed by atoms with Crippen molar-refractivity contribution in [2.45, 2.75) is 13.0 Å². The normalized spacial score (nSPS) is 12.1. The molecule has 0 spiro atoms. The Labute approximate surface area is 105 Å². The maximum Gasteiger partial charge on any atom is 0.332 e. The minimum absolute atomic E-state index is 0.616. The number of carboxylic acid groups (broad SMARTS) is 1. The van der Waals surface area contributed by atoms with Crippen LogP contribution < -0.4 is 5.32 Å². The average molecular weight is 245 g/mol. The molecule has 5 heteroatoms. The van der Waals surface area contributed by atoms with E-state index in [1.165, 1.54) is 0 Å². The highest BCUT2D eigenvalue weighted by Crippen LogP contribution is 2.21. The van der Waals surface area contributed by atoms with Crippen molar-refractivity contribution in [1.82, 2.24) is 9.55 Å². The minimum Gasteiger partial charge on any atom is -0.479 e. The molecule has 0 aliphatic heterocycles. The molecular weight excluding hydrogens is 230 g/mol. The van der Waals surface area contributed by atoms with Crippen molar-refractivity contribution in [2.24, 2.45) is 7.05 Å². The summed E-state index contributed by atoms with van der Waals surface area (Å²) in [5.74, 6) is -0.929. The number of hydrogen-bond donors (Lipinski definition) is 2. The monoisotopic (exact) mass is 245 g/mol. The third-order valence-electron chi connectivity index (χ3n) is 2.84. The van der Waals surface area contributed by atoms with Gasteiger partial charge in [0, 0.05) is 12.7 Å². The number of aryl methyl sites for hydroxylation is 2. The van der Waals surface area contributed by atoms with Gasteiger partial charge in [0.25, 0.3) is 0 Å². The largest absolute Gasteiger partial charge is 0.479 e. The van der Waals surface area contributed by atoms with Gasteiger partial charge in [-0.1, -0.05) is 18.2 Å². The van der Waals surface area contributed by atoms with Crippen LogP contribution in [0.25, 0.3) is 0 Å². The number of benzene rings is 1. The zero-order chi connectivity index (χ0) is 13.1. The summed E-state index contributed by atoms with van der Waals surface area (Å²) in [6, 6.07) is 6.78. The third-order valence-corrected chi connectivity index (χ3v) is 2.84. The van der Waals surface area contributed by atoms with Crippen LogP contribution in [0.15, 0.2) is 36.8 Å². The molecule has 2 rings (SSSR count). The summed E-state index contributed by atoms with van der Waals surface area (Å²) in [6.07, 6.45) is 3.15. The lowest BCUT2D eigenvalue weighted by Gasteiger charge is -2.17. The second-order valence-electron chi connectivity index (χ2n) is 4.16. The van der Waals surface area contributed by atoms with Crippen molar-refractivity contribution < 1.29 is 9.90 Å². The van der Waals surface area contributed by atoms with Gasteiger partial charge in [-0.25, -0.2) is 9.78 Å². The Bertz CT molecular complexity index is 563. The standard InChI is InChI=1S/C13H15N3O2/c1-9-5-3-4-6-10(9)15-12(13(17)18)11-7-14-8-16(11)2/h3-8,12,15H,1-2H3,(H,17,18). The fourth-order valence-corrected chi connectivity index (χ4v) is 1.80. The van der Waals surface area contributed by atoms with E-state index in [1.54, 1.807) is 24.1 Å². The van der Waals surface area contributed by atoms with Crippen LogP contribution in [-0.4, -0.2) is 20.6 Å². The van der Waals surface area contributed by atoms with Gasteiger partial charge in [0.15, 0.2) is 6.04 Å². The van der Waals surface area contributed by atoms with E-state index in [1.807, 2.05) is 31.2 Å². The molecule has 2 aromatic rings. The molecular formula is C13H15N3O2. The first-order valence-electron chi connectivity index (χ1n) is 5.61. The van der Waals surface area contributed by atoms with Crippen molar-refractivity contribution in [2.75, 3.05) is 5.32 Å². The second kappa shape index (κ2) is 4.91. The number of aromatic nitrogens is 2. The van der Waals surface area contributed by atoms with Gasteiger partial charge in [0.1, 0.15) is 0 Å². The molecule has 1 atom stereocenters. The van der Waals surface area contributed by atoms with Gasteiger partial charge in [-0.2, -0.15) is 0 Å². The van der Waals surface area contributed by atoms with Gasteiger partial charge < -0.3 is 15.0 Å². The number of aliphatic carboxylic acids is 1. The topological polar surface area (TPSA) is 67.2 Å². The molecule has 0 radical (unpaired) electrons. The fourth-order valence-electron chi connectivity index (χ4n) is 1.80. The number of rotatable bonds is 4. The smallest absolute Gasteiger partial charge is 0.332 e. The quantitative estimate of drug-likeness (QED) is 0.864. The van der Waals surface area contributed by atoms with E-state index >= 15 is 0 Å². The summed E-state index contributed by atoms with van der Waals surface area (Å²) < 4.78 is 1.70. The lowest BCUT2D eigenvalue weighted by atomic mass is 10.1. The Morgan fingerprint density at radius 3 is 2.72 bits per heavy atom. The highest BCUT2D eigenvalue weighted by atomic mass is 16.4. The van der Waals surface area contributed by atoms with Crippen LogP contribution in [0.3, 0.4) is 0 Å². The second-order valence-corrected chi connectivity index (χ2v) is 4.16. The highest BCUT2D eigenvalue weighted by molar-refractivity contribution is 5.79. The molecule has 1 aromatic carbocycles. The summed E-state index contributed by atoms with van der Waals surface area (Å²) >= 11 is 0. The maximum atomic E-state index is 11.4. The molecule has 0 saturated heterocycles. The van der Waals surface area contributed by atoms with E-state index in [0.717, 1.165) is 11.3 Å². The zero-order valence-corrected chi connectivity index (χ0v) is 10.3. The molecule has 1 unspecified atom stereocenters. The number of nitrogens with zero attached hydrogens (tertiary/aromatic N) is 2. The van der Waals surface area contributed by atoms with Crippen LogP contribution in [-0.2, 0) is 11.8 Å². The van der Waals surface area contributed by atoms with E-state index in [0.29, 0.717) is 5.69 Å². The van der Waals surface area contributed by atoms with Gasteiger partial charge >= 0.3 is 5.97 Å². The molecule has 0 aliphatic carbocycles. The Balaban J connectivity index is 2.31. The Hall–Kier alpha value is -2.30. The lowest BCUT2D eigenvalue weighted by Crippen LogP contribution is -2.23. The Kier molecular flexibility index (Phi) is 3.32. The van der Waals surface area contributed by atoms with Crippen molar-refractivity contribution in [1.29, 1.82) is 0 Å². The summed E-state index contributed by atoms with van der Waals surface area (Å²) in [4.78, 5) is 15.3. The molecule has 0 saturated carbocycles. The number of hydrogen-bond acceptors (Lipinski definition) is 3. The van der Waals surface area contributed by atoms with E-state index < -0.39 is 12.0 Å². The maximum absolute atomic E-state index is 11.4. The zero-order valence-electron chi connectivity index (χ0n) is 10.3.